The van der Waals surface area contributed by atoms with Gasteiger partial charge in [-0.05, 0) is 43.3 Å². The average molecular weight is 667 g/mol. The Morgan fingerprint density at radius 1 is 0.729 bits per heavy atom. The number of phenols is 2. The molecular formula is C35H42N2O11. The van der Waals surface area contributed by atoms with E-state index in [1.807, 2.05) is 13.8 Å². The van der Waals surface area contributed by atoms with Crippen LogP contribution in [-0.2, 0) is 34.1 Å². The highest BCUT2D eigenvalue weighted by atomic mass is 16.6. The molecule has 48 heavy (non-hydrogen) atoms. The summed E-state index contributed by atoms with van der Waals surface area (Å²) in [6, 6.07) is 13.5. The normalized spacial score (nSPS) is 13.3. The van der Waals surface area contributed by atoms with Gasteiger partial charge in [0, 0.05) is 47.5 Å². The number of nitrogens with one attached hydrogen (secondary N) is 2. The summed E-state index contributed by atoms with van der Waals surface area (Å²) in [7, 11) is 0. The lowest BCUT2D eigenvalue weighted by atomic mass is 9.77. The standard InChI is InChI=1S/C33H36N2O11.C2H6/c1-21(36)8-10-41-12-14-43-16-17-44-15-13-42-11-9-34-32(40)35-22-2-5-26-25(18-22)31(39)46-33(26)27-6-3-23(37)19-29(27)45-30-20-24(38)4-7-28(30)33;1-2/h2-7,18-20,37-38H,8-17H2,1H3,(H2,34,35,40);1-2H3. The largest absolute Gasteiger partial charge is 0.508 e. The van der Waals surface area contributed by atoms with E-state index in [0.29, 0.717) is 75.0 Å². The van der Waals surface area contributed by atoms with E-state index in [9.17, 15) is 24.6 Å². The molecular weight excluding hydrogens is 624 g/mol. The molecule has 2 heterocycles. The van der Waals surface area contributed by atoms with Crippen molar-refractivity contribution in [1.29, 1.82) is 0 Å². The molecule has 13 heteroatoms. The fraction of sp³-hybridized carbons (Fsp3) is 0.400. The Kier molecular flexibility index (Phi) is 13.1. The van der Waals surface area contributed by atoms with E-state index in [1.165, 1.54) is 31.2 Å². The number of fused-ring (bicyclic) bond motifs is 6. The Hall–Kier alpha value is -4.69. The van der Waals surface area contributed by atoms with Gasteiger partial charge in [-0.25, -0.2) is 9.59 Å². The van der Waals surface area contributed by atoms with Crippen LogP contribution in [0.1, 0.15) is 54.2 Å². The zero-order valence-electron chi connectivity index (χ0n) is 27.3. The molecule has 0 unspecified atom stereocenters. The van der Waals surface area contributed by atoms with Gasteiger partial charge in [0.15, 0.2) is 5.60 Å². The van der Waals surface area contributed by atoms with Crippen LogP contribution in [0.3, 0.4) is 0 Å². The third kappa shape index (κ3) is 8.81. The van der Waals surface area contributed by atoms with Gasteiger partial charge >= 0.3 is 12.0 Å². The molecule has 0 aliphatic carbocycles. The maximum atomic E-state index is 13.2. The van der Waals surface area contributed by atoms with Crippen LogP contribution in [0, 0.1) is 0 Å². The van der Waals surface area contributed by atoms with Gasteiger partial charge in [-0.15, -0.1) is 0 Å². The second kappa shape index (κ2) is 17.5. The van der Waals surface area contributed by atoms with Crippen LogP contribution in [0.15, 0.2) is 54.6 Å². The molecule has 3 aromatic carbocycles. The van der Waals surface area contributed by atoms with E-state index in [2.05, 4.69) is 10.6 Å². The maximum Gasteiger partial charge on any atom is 0.340 e. The average Bonchev–Trinajstić information content (AvgIpc) is 3.34. The van der Waals surface area contributed by atoms with Gasteiger partial charge in [0.25, 0.3) is 0 Å². The lowest BCUT2D eigenvalue weighted by Gasteiger charge is -2.36. The maximum absolute atomic E-state index is 13.2. The number of hydrogen-bond acceptors (Lipinski definition) is 11. The van der Waals surface area contributed by atoms with E-state index in [0.717, 1.165) is 0 Å². The Morgan fingerprint density at radius 3 is 1.81 bits per heavy atom. The molecule has 0 atom stereocenters. The fourth-order valence-corrected chi connectivity index (χ4v) is 5.17. The van der Waals surface area contributed by atoms with Gasteiger partial charge in [0.2, 0.25) is 0 Å². The van der Waals surface area contributed by atoms with Crippen molar-refractivity contribution in [3.63, 3.8) is 0 Å². The van der Waals surface area contributed by atoms with E-state index >= 15 is 0 Å². The fourth-order valence-electron chi connectivity index (χ4n) is 5.17. The molecule has 2 aliphatic heterocycles. The van der Waals surface area contributed by atoms with Crippen LogP contribution in [0.4, 0.5) is 10.5 Å². The first-order chi connectivity index (χ1) is 23.3. The molecule has 2 amide bonds. The van der Waals surface area contributed by atoms with Crippen molar-refractivity contribution in [2.75, 3.05) is 64.7 Å². The third-order valence-corrected chi connectivity index (χ3v) is 7.28. The topological polar surface area (TPSA) is 171 Å². The van der Waals surface area contributed by atoms with Gasteiger partial charge in [0.1, 0.15) is 28.8 Å². The minimum absolute atomic E-state index is 0.0332. The number of carbonyl (C=O) groups is 3. The van der Waals surface area contributed by atoms with Gasteiger partial charge in [-0.3, -0.25) is 4.79 Å². The number of ether oxygens (including phenoxy) is 6. The van der Waals surface area contributed by atoms with Crippen LogP contribution in [0.5, 0.6) is 23.0 Å². The number of ketones is 1. The van der Waals surface area contributed by atoms with Crippen LogP contribution in [0.25, 0.3) is 0 Å². The number of rotatable bonds is 16. The summed E-state index contributed by atoms with van der Waals surface area (Å²) in [5.41, 5.74) is 0.812. The van der Waals surface area contributed by atoms with Crippen molar-refractivity contribution in [2.24, 2.45) is 0 Å². The quantitative estimate of drug-likeness (QED) is 0.122. The van der Waals surface area contributed by atoms with Crippen molar-refractivity contribution < 1.29 is 53.0 Å². The van der Waals surface area contributed by atoms with Crippen molar-refractivity contribution in [3.8, 4) is 23.0 Å². The minimum atomic E-state index is -1.38. The first kappa shape index (κ1) is 36.2. The lowest BCUT2D eigenvalue weighted by molar-refractivity contribution is -0.118. The van der Waals surface area contributed by atoms with Crippen molar-refractivity contribution >= 4 is 23.5 Å². The summed E-state index contributed by atoms with van der Waals surface area (Å²) in [4.78, 5) is 36.6. The lowest BCUT2D eigenvalue weighted by Crippen LogP contribution is -2.33. The van der Waals surface area contributed by atoms with E-state index in [-0.39, 0.29) is 47.5 Å². The molecule has 0 aromatic heterocycles. The second-order valence-electron chi connectivity index (χ2n) is 10.6. The number of carbonyl (C=O) groups excluding carboxylic acids is 3. The summed E-state index contributed by atoms with van der Waals surface area (Å²) in [6.07, 6.45) is 0.405. The van der Waals surface area contributed by atoms with Gasteiger partial charge < -0.3 is 49.3 Å². The van der Waals surface area contributed by atoms with Gasteiger partial charge in [-0.2, -0.15) is 0 Å². The molecule has 0 saturated carbocycles. The molecule has 5 rings (SSSR count). The summed E-state index contributed by atoms with van der Waals surface area (Å²) in [5, 5.41) is 25.6. The Morgan fingerprint density at radius 2 is 1.25 bits per heavy atom. The Labute approximate surface area is 279 Å². The molecule has 2 aliphatic rings. The van der Waals surface area contributed by atoms with E-state index in [1.54, 1.807) is 30.3 Å². The highest BCUT2D eigenvalue weighted by Crippen LogP contribution is 2.57. The number of Topliss-reactive ketones (excluding diaryl/α,β-unsaturated/α-hetero) is 1. The molecule has 0 bridgehead atoms. The van der Waals surface area contributed by atoms with Crippen LogP contribution < -0.4 is 15.4 Å². The van der Waals surface area contributed by atoms with Crippen LogP contribution >= 0.6 is 0 Å². The minimum Gasteiger partial charge on any atom is -0.508 e. The number of phenolic OH excluding ortho intramolecular Hbond substituents is 2. The summed E-state index contributed by atoms with van der Waals surface area (Å²) in [5.74, 6) is -0.0103. The number of amides is 2. The molecule has 1 spiro atoms. The van der Waals surface area contributed by atoms with E-state index in [4.69, 9.17) is 28.4 Å². The third-order valence-electron chi connectivity index (χ3n) is 7.28. The summed E-state index contributed by atoms with van der Waals surface area (Å²) < 4.78 is 33.6. The first-order valence-electron chi connectivity index (χ1n) is 15.9. The van der Waals surface area contributed by atoms with Crippen molar-refractivity contribution in [1.82, 2.24) is 5.32 Å². The number of anilines is 1. The molecule has 0 radical (unpaired) electrons. The van der Waals surface area contributed by atoms with Gasteiger partial charge in [-0.1, -0.05) is 19.9 Å². The smallest absolute Gasteiger partial charge is 0.340 e. The Balaban J connectivity index is 0.00000255. The number of hydrogen-bond donors (Lipinski definition) is 4. The number of benzene rings is 3. The second-order valence-corrected chi connectivity index (χ2v) is 10.6. The zero-order valence-corrected chi connectivity index (χ0v) is 27.3. The molecule has 13 nitrogen and oxygen atoms in total. The van der Waals surface area contributed by atoms with Crippen LogP contribution in [0.2, 0.25) is 0 Å². The first-order valence-corrected chi connectivity index (χ1v) is 15.9. The number of esters is 1. The molecule has 0 saturated heterocycles. The summed E-state index contributed by atoms with van der Waals surface area (Å²) in [6.45, 7) is 8.86. The molecule has 3 aromatic rings. The highest BCUT2D eigenvalue weighted by molar-refractivity contribution is 5.99. The predicted molar refractivity (Wildman–Crippen MR) is 175 cm³/mol. The molecule has 0 fully saturated rings. The van der Waals surface area contributed by atoms with Gasteiger partial charge in [0.05, 0.1) is 58.4 Å². The van der Waals surface area contributed by atoms with Crippen molar-refractivity contribution in [3.05, 3.63) is 76.9 Å². The Bertz CT molecular complexity index is 1520. The van der Waals surface area contributed by atoms with Crippen LogP contribution in [-0.4, -0.2) is 87.4 Å². The monoisotopic (exact) mass is 666 g/mol. The van der Waals surface area contributed by atoms with Crippen molar-refractivity contribution in [2.45, 2.75) is 32.8 Å². The molecule has 4 N–H and O–H groups in total. The summed E-state index contributed by atoms with van der Waals surface area (Å²) >= 11 is 0. The number of urea groups is 1. The SMILES string of the molecule is CC.CC(=O)CCOCCOCCOCCOCCNC(=O)Nc1ccc2c(c1)C(=O)OC21c2ccc(O)cc2Oc2cc(O)ccc21. The molecule has 258 valence electrons. The predicted octanol–water partition coefficient (Wildman–Crippen LogP) is 4.86. The highest BCUT2D eigenvalue weighted by Gasteiger charge is 2.53. The number of aromatic hydroxyl groups is 2. The zero-order chi connectivity index (χ0) is 34.5. The van der Waals surface area contributed by atoms with E-state index < -0.39 is 17.6 Å².